The summed E-state index contributed by atoms with van der Waals surface area (Å²) in [5, 5.41) is 8.81. The Kier molecular flexibility index (Phi) is 4.41. The van der Waals surface area contributed by atoms with Crippen LogP contribution in [0, 0.1) is 6.92 Å². The number of rotatable bonds is 4. The molecule has 3 rings (SSSR count). The SMILES string of the molecule is Cc1ccccc1CSc1nnc(-c2ccccc2Br)o1. The average molecular weight is 361 g/mol. The molecule has 0 atom stereocenters. The number of aryl methyl sites for hydroxylation is 1. The molecule has 0 spiro atoms. The van der Waals surface area contributed by atoms with Crippen molar-refractivity contribution in [2.45, 2.75) is 17.9 Å². The topological polar surface area (TPSA) is 38.9 Å². The highest BCUT2D eigenvalue weighted by atomic mass is 79.9. The molecule has 0 saturated carbocycles. The van der Waals surface area contributed by atoms with Crippen LogP contribution in [0.1, 0.15) is 11.1 Å². The average Bonchev–Trinajstić information content (AvgIpc) is 2.96. The van der Waals surface area contributed by atoms with E-state index in [1.807, 2.05) is 36.4 Å². The Hall–Kier alpha value is -1.59. The summed E-state index contributed by atoms with van der Waals surface area (Å²) in [7, 11) is 0. The van der Waals surface area contributed by atoms with Crippen LogP contribution >= 0.6 is 27.7 Å². The lowest BCUT2D eigenvalue weighted by Crippen LogP contribution is -1.85. The number of thioether (sulfide) groups is 1. The van der Waals surface area contributed by atoms with E-state index in [4.69, 9.17) is 4.42 Å². The van der Waals surface area contributed by atoms with E-state index in [0.717, 1.165) is 15.8 Å². The third kappa shape index (κ3) is 3.36. The first-order valence-electron chi connectivity index (χ1n) is 6.50. The van der Waals surface area contributed by atoms with Crippen LogP contribution < -0.4 is 0 Å². The molecule has 0 aliphatic heterocycles. The van der Waals surface area contributed by atoms with Crippen LogP contribution in [0.4, 0.5) is 0 Å². The van der Waals surface area contributed by atoms with Crippen LogP contribution in [0.25, 0.3) is 11.5 Å². The van der Waals surface area contributed by atoms with Gasteiger partial charge in [0.1, 0.15) is 0 Å². The van der Waals surface area contributed by atoms with Gasteiger partial charge in [0.2, 0.25) is 5.89 Å². The van der Waals surface area contributed by atoms with Crippen LogP contribution in [-0.2, 0) is 5.75 Å². The highest BCUT2D eigenvalue weighted by Crippen LogP contribution is 2.30. The van der Waals surface area contributed by atoms with Crippen molar-refractivity contribution in [3.8, 4) is 11.5 Å². The Morgan fingerprint density at radius 3 is 2.62 bits per heavy atom. The molecule has 0 radical (unpaired) electrons. The Morgan fingerprint density at radius 1 is 1.05 bits per heavy atom. The maximum Gasteiger partial charge on any atom is 0.277 e. The van der Waals surface area contributed by atoms with Gasteiger partial charge in [-0.1, -0.05) is 48.2 Å². The minimum atomic E-state index is 0.537. The molecule has 1 aromatic heterocycles. The van der Waals surface area contributed by atoms with E-state index in [1.54, 1.807) is 11.8 Å². The van der Waals surface area contributed by atoms with Gasteiger partial charge in [-0.3, -0.25) is 0 Å². The zero-order valence-electron chi connectivity index (χ0n) is 11.4. The molecule has 1 heterocycles. The minimum Gasteiger partial charge on any atom is -0.411 e. The lowest BCUT2D eigenvalue weighted by atomic mass is 10.1. The van der Waals surface area contributed by atoms with E-state index in [1.165, 1.54) is 11.1 Å². The molecule has 21 heavy (non-hydrogen) atoms. The summed E-state index contributed by atoms with van der Waals surface area (Å²) in [6.45, 7) is 2.11. The van der Waals surface area contributed by atoms with Gasteiger partial charge in [-0.05, 0) is 46.1 Å². The fourth-order valence-electron chi connectivity index (χ4n) is 1.92. The molecule has 0 N–H and O–H groups in total. The van der Waals surface area contributed by atoms with Gasteiger partial charge in [0, 0.05) is 10.2 Å². The summed E-state index contributed by atoms with van der Waals surface area (Å²) in [4.78, 5) is 0. The van der Waals surface area contributed by atoms with Gasteiger partial charge in [-0.25, -0.2) is 0 Å². The van der Waals surface area contributed by atoms with Crippen molar-refractivity contribution in [3.63, 3.8) is 0 Å². The summed E-state index contributed by atoms with van der Waals surface area (Å²) >= 11 is 5.05. The van der Waals surface area contributed by atoms with Gasteiger partial charge in [0.25, 0.3) is 5.22 Å². The van der Waals surface area contributed by atoms with E-state index < -0.39 is 0 Å². The first-order chi connectivity index (χ1) is 10.2. The van der Waals surface area contributed by atoms with Gasteiger partial charge >= 0.3 is 0 Å². The van der Waals surface area contributed by atoms with Gasteiger partial charge in [-0.15, -0.1) is 10.2 Å². The Balaban J connectivity index is 1.74. The highest BCUT2D eigenvalue weighted by Gasteiger charge is 2.11. The molecule has 106 valence electrons. The van der Waals surface area contributed by atoms with Crippen LogP contribution in [0.3, 0.4) is 0 Å². The van der Waals surface area contributed by atoms with Crippen molar-refractivity contribution < 1.29 is 4.42 Å². The van der Waals surface area contributed by atoms with Crippen molar-refractivity contribution in [1.29, 1.82) is 0 Å². The maximum absolute atomic E-state index is 5.72. The zero-order valence-corrected chi connectivity index (χ0v) is 13.8. The lowest BCUT2D eigenvalue weighted by Gasteiger charge is -2.02. The standard InChI is InChI=1S/C16H13BrN2OS/c1-11-6-2-3-7-12(11)10-21-16-19-18-15(20-16)13-8-4-5-9-14(13)17/h2-9H,10H2,1H3. The second-order valence-electron chi connectivity index (χ2n) is 4.57. The molecular formula is C16H13BrN2OS. The molecule has 0 saturated heterocycles. The number of halogens is 1. The maximum atomic E-state index is 5.72. The first kappa shape index (κ1) is 14.4. The third-order valence-corrected chi connectivity index (χ3v) is 4.68. The minimum absolute atomic E-state index is 0.537. The van der Waals surface area contributed by atoms with Crippen LogP contribution in [0.15, 0.2) is 62.6 Å². The summed E-state index contributed by atoms with van der Waals surface area (Å²) < 4.78 is 6.67. The monoisotopic (exact) mass is 360 g/mol. The molecule has 0 aliphatic rings. The molecule has 0 amide bonds. The number of aromatic nitrogens is 2. The Labute approximate surface area is 135 Å². The third-order valence-electron chi connectivity index (χ3n) is 3.12. The van der Waals surface area contributed by atoms with E-state index >= 15 is 0 Å². The number of hydrogen-bond donors (Lipinski definition) is 0. The summed E-state index contributed by atoms with van der Waals surface area (Å²) in [6.07, 6.45) is 0. The quantitative estimate of drug-likeness (QED) is 0.606. The van der Waals surface area contributed by atoms with Crippen molar-refractivity contribution >= 4 is 27.7 Å². The first-order valence-corrected chi connectivity index (χ1v) is 8.27. The summed E-state index contributed by atoms with van der Waals surface area (Å²) in [5.74, 6) is 1.36. The number of hydrogen-bond acceptors (Lipinski definition) is 4. The fraction of sp³-hybridized carbons (Fsp3) is 0.125. The smallest absolute Gasteiger partial charge is 0.277 e. The molecular weight excluding hydrogens is 348 g/mol. The Morgan fingerprint density at radius 2 is 1.81 bits per heavy atom. The van der Waals surface area contributed by atoms with Crippen molar-refractivity contribution in [1.82, 2.24) is 10.2 Å². The second kappa shape index (κ2) is 6.45. The molecule has 0 unspecified atom stereocenters. The van der Waals surface area contributed by atoms with E-state index in [9.17, 15) is 0 Å². The highest BCUT2D eigenvalue weighted by molar-refractivity contribution is 9.10. The second-order valence-corrected chi connectivity index (χ2v) is 6.35. The molecule has 0 bridgehead atoms. The number of nitrogens with zero attached hydrogens (tertiary/aromatic N) is 2. The van der Waals surface area contributed by atoms with E-state index in [0.29, 0.717) is 11.1 Å². The summed E-state index contributed by atoms with van der Waals surface area (Å²) in [5.41, 5.74) is 3.46. The van der Waals surface area contributed by atoms with Crippen LogP contribution in [0.2, 0.25) is 0 Å². The summed E-state index contributed by atoms with van der Waals surface area (Å²) in [6, 6.07) is 16.1. The molecule has 0 fully saturated rings. The lowest BCUT2D eigenvalue weighted by molar-refractivity contribution is 0.465. The zero-order chi connectivity index (χ0) is 14.7. The molecule has 3 aromatic rings. The molecule has 2 aromatic carbocycles. The van der Waals surface area contributed by atoms with Crippen LogP contribution in [0.5, 0.6) is 0 Å². The van der Waals surface area contributed by atoms with Crippen molar-refractivity contribution in [2.24, 2.45) is 0 Å². The van der Waals surface area contributed by atoms with Gasteiger partial charge < -0.3 is 4.42 Å². The van der Waals surface area contributed by atoms with Gasteiger partial charge in [0.05, 0.1) is 5.56 Å². The van der Waals surface area contributed by atoms with Crippen LogP contribution in [-0.4, -0.2) is 10.2 Å². The van der Waals surface area contributed by atoms with Crippen molar-refractivity contribution in [3.05, 3.63) is 64.1 Å². The molecule has 0 aliphatic carbocycles. The van der Waals surface area contributed by atoms with Gasteiger partial charge in [0.15, 0.2) is 0 Å². The molecule has 5 heteroatoms. The van der Waals surface area contributed by atoms with E-state index in [2.05, 4.69) is 45.2 Å². The largest absolute Gasteiger partial charge is 0.411 e. The number of benzene rings is 2. The fourth-order valence-corrected chi connectivity index (χ4v) is 3.22. The molecule has 3 nitrogen and oxygen atoms in total. The predicted molar refractivity (Wildman–Crippen MR) is 88.2 cm³/mol. The predicted octanol–water partition coefficient (Wildman–Crippen LogP) is 5.10. The van der Waals surface area contributed by atoms with Gasteiger partial charge in [-0.2, -0.15) is 0 Å². The van der Waals surface area contributed by atoms with E-state index in [-0.39, 0.29) is 0 Å². The van der Waals surface area contributed by atoms with Crippen molar-refractivity contribution in [2.75, 3.05) is 0 Å². The normalized spacial score (nSPS) is 10.8. The Bertz CT molecular complexity index is 757.